The van der Waals surface area contributed by atoms with Crippen molar-refractivity contribution in [2.75, 3.05) is 19.0 Å². The standard InChI is InChI=1S/C24H35F3NO2PSe/c1-6-12-28-20-11-10-18(30-24(25,26)27)15-19(20)21(16-22(28)29)32-14-9-7-8-13-31(5)17-23(2,3)4/h10-11,15-16H,6-9,12-14,17H2,1-5H3. The van der Waals surface area contributed by atoms with Gasteiger partial charge in [0.2, 0.25) is 0 Å². The molecular formula is C24H35F3NO2PSe. The zero-order chi connectivity index (χ0) is 23.9. The molecule has 0 aliphatic carbocycles. The average Bonchev–Trinajstić information content (AvgIpc) is 2.64. The average molecular weight is 536 g/mol. The number of benzene rings is 1. The molecule has 180 valence electrons. The number of hydrogen-bond donors (Lipinski definition) is 0. The summed E-state index contributed by atoms with van der Waals surface area (Å²) in [5.74, 6) is -0.237. The summed E-state index contributed by atoms with van der Waals surface area (Å²) in [7, 11) is 0.0712. The predicted molar refractivity (Wildman–Crippen MR) is 131 cm³/mol. The summed E-state index contributed by atoms with van der Waals surface area (Å²) in [6, 6.07) is 5.91. The summed E-state index contributed by atoms with van der Waals surface area (Å²) in [6.45, 7) is 11.8. The van der Waals surface area contributed by atoms with Gasteiger partial charge in [-0.3, -0.25) is 0 Å². The number of aryl methyl sites for hydroxylation is 1. The van der Waals surface area contributed by atoms with Crippen LogP contribution < -0.4 is 14.8 Å². The van der Waals surface area contributed by atoms with Crippen molar-refractivity contribution < 1.29 is 17.9 Å². The quantitative estimate of drug-likeness (QED) is 0.190. The van der Waals surface area contributed by atoms with Crippen molar-refractivity contribution in [2.45, 2.75) is 71.6 Å². The van der Waals surface area contributed by atoms with Gasteiger partial charge in [0.25, 0.3) is 0 Å². The summed E-state index contributed by atoms with van der Waals surface area (Å²) in [4.78, 5) is 12.6. The number of unbranched alkanes of at least 4 members (excludes halogenated alkanes) is 2. The van der Waals surface area contributed by atoms with Crippen LogP contribution in [-0.4, -0.2) is 44.9 Å². The van der Waals surface area contributed by atoms with Crippen molar-refractivity contribution in [1.29, 1.82) is 0 Å². The van der Waals surface area contributed by atoms with Crippen LogP contribution in [0.25, 0.3) is 10.9 Å². The molecule has 1 aromatic carbocycles. The second kappa shape index (κ2) is 11.9. The minimum atomic E-state index is -4.73. The van der Waals surface area contributed by atoms with E-state index in [9.17, 15) is 18.0 Å². The first-order valence-electron chi connectivity index (χ1n) is 11.1. The Morgan fingerprint density at radius 1 is 1.09 bits per heavy atom. The number of fused-ring (bicyclic) bond motifs is 1. The van der Waals surface area contributed by atoms with Crippen LogP contribution in [0.5, 0.6) is 5.75 Å². The number of aromatic nitrogens is 1. The molecule has 2 aromatic rings. The molecule has 32 heavy (non-hydrogen) atoms. The minimum absolute atomic E-state index is 0.0297. The SMILES string of the molecule is CCCn1c(=O)cc([Se]CCCCCP(C)CC(C)(C)C)c2cc(OC(F)(F)F)ccc21. The molecule has 0 spiro atoms. The van der Waals surface area contributed by atoms with E-state index < -0.39 is 6.36 Å². The first-order chi connectivity index (χ1) is 14.9. The number of halogens is 3. The van der Waals surface area contributed by atoms with Crippen LogP contribution >= 0.6 is 7.92 Å². The Morgan fingerprint density at radius 3 is 2.44 bits per heavy atom. The third-order valence-corrected chi connectivity index (χ3v) is 9.87. The van der Waals surface area contributed by atoms with Crippen LogP contribution in [0.3, 0.4) is 0 Å². The van der Waals surface area contributed by atoms with Gasteiger partial charge in [0, 0.05) is 0 Å². The molecule has 0 bridgehead atoms. The molecule has 1 aromatic heterocycles. The maximum atomic E-state index is 12.7. The van der Waals surface area contributed by atoms with Crippen molar-refractivity contribution in [2.24, 2.45) is 5.41 Å². The molecule has 0 aliphatic heterocycles. The van der Waals surface area contributed by atoms with Gasteiger partial charge in [0.05, 0.1) is 0 Å². The van der Waals surface area contributed by atoms with Gasteiger partial charge in [-0.05, 0) is 0 Å². The Morgan fingerprint density at radius 2 is 1.81 bits per heavy atom. The van der Waals surface area contributed by atoms with Gasteiger partial charge in [0.1, 0.15) is 0 Å². The maximum absolute atomic E-state index is 12.7. The number of rotatable bonds is 11. The fraction of sp³-hybridized carbons (Fsp3) is 0.625. The Balaban J connectivity index is 2.07. The monoisotopic (exact) mass is 537 g/mol. The molecule has 0 saturated heterocycles. The number of ether oxygens (including phenoxy) is 1. The van der Waals surface area contributed by atoms with Crippen molar-refractivity contribution in [1.82, 2.24) is 4.57 Å². The molecule has 3 nitrogen and oxygen atoms in total. The van der Waals surface area contributed by atoms with Gasteiger partial charge < -0.3 is 0 Å². The number of nitrogens with zero attached hydrogens (tertiary/aromatic N) is 1. The summed E-state index contributed by atoms with van der Waals surface area (Å²) < 4.78 is 44.7. The molecule has 8 heteroatoms. The predicted octanol–water partition coefficient (Wildman–Crippen LogP) is 6.39. The van der Waals surface area contributed by atoms with Crippen LogP contribution in [-0.2, 0) is 6.54 Å². The van der Waals surface area contributed by atoms with Gasteiger partial charge in [-0.25, -0.2) is 0 Å². The first kappa shape index (κ1) is 27.2. The van der Waals surface area contributed by atoms with E-state index >= 15 is 0 Å². The third kappa shape index (κ3) is 9.08. The molecule has 0 fully saturated rings. The Labute approximate surface area is 197 Å². The summed E-state index contributed by atoms with van der Waals surface area (Å²) in [5.41, 5.74) is 0.987. The Bertz CT molecular complexity index is 938. The van der Waals surface area contributed by atoms with Crippen LogP contribution in [0, 0.1) is 5.41 Å². The molecule has 0 N–H and O–H groups in total. The summed E-state index contributed by atoms with van der Waals surface area (Å²) in [5, 5.41) is 1.67. The van der Waals surface area contributed by atoms with Gasteiger partial charge in [0.15, 0.2) is 0 Å². The van der Waals surface area contributed by atoms with E-state index in [0.29, 0.717) is 22.9 Å². The second-order valence-corrected chi connectivity index (χ2v) is 14.3. The number of alkyl halides is 3. The van der Waals surface area contributed by atoms with Crippen molar-refractivity contribution >= 4 is 38.2 Å². The van der Waals surface area contributed by atoms with Gasteiger partial charge in [-0.1, -0.05) is 0 Å². The van der Waals surface area contributed by atoms with Crippen LogP contribution in [0.15, 0.2) is 29.1 Å². The van der Waals surface area contributed by atoms with Crippen LogP contribution in [0.2, 0.25) is 5.32 Å². The van der Waals surface area contributed by atoms with Crippen molar-refractivity contribution in [3.05, 3.63) is 34.6 Å². The van der Waals surface area contributed by atoms with Crippen molar-refractivity contribution in [3.63, 3.8) is 0 Å². The van der Waals surface area contributed by atoms with E-state index in [-0.39, 0.29) is 34.2 Å². The molecule has 2 rings (SSSR count). The first-order valence-corrected chi connectivity index (χ1v) is 15.4. The van der Waals surface area contributed by atoms with E-state index in [1.54, 1.807) is 16.7 Å². The summed E-state index contributed by atoms with van der Waals surface area (Å²) >= 11 is 0.0297. The Kier molecular flexibility index (Phi) is 10.1. The molecule has 1 heterocycles. The van der Waals surface area contributed by atoms with E-state index in [0.717, 1.165) is 29.0 Å². The Hall–Kier alpha value is -1.03. The van der Waals surface area contributed by atoms with E-state index in [4.69, 9.17) is 0 Å². The van der Waals surface area contributed by atoms with Crippen LogP contribution in [0.4, 0.5) is 13.2 Å². The molecule has 0 radical (unpaired) electrons. The van der Waals surface area contributed by atoms with Gasteiger partial charge in [-0.15, -0.1) is 0 Å². The molecule has 1 unspecified atom stereocenters. The second-order valence-electron chi connectivity index (χ2n) is 9.43. The number of hydrogen-bond acceptors (Lipinski definition) is 2. The zero-order valence-corrected chi connectivity index (χ0v) is 22.3. The van der Waals surface area contributed by atoms with E-state index in [1.165, 1.54) is 30.9 Å². The molecule has 0 aliphatic rings. The zero-order valence-electron chi connectivity index (χ0n) is 19.7. The summed E-state index contributed by atoms with van der Waals surface area (Å²) in [6.07, 6.45) is 2.07. The topological polar surface area (TPSA) is 31.2 Å². The molecule has 0 amide bonds. The number of pyridine rings is 1. The molecule has 0 saturated carbocycles. The fourth-order valence-electron chi connectivity index (χ4n) is 3.84. The molecular weight excluding hydrogens is 501 g/mol. The molecule has 1 atom stereocenters. The fourth-order valence-corrected chi connectivity index (χ4v) is 8.63. The normalized spacial score (nSPS) is 13.5. The third-order valence-electron chi connectivity index (χ3n) is 4.91. The van der Waals surface area contributed by atoms with E-state index in [1.807, 2.05) is 6.92 Å². The van der Waals surface area contributed by atoms with Gasteiger partial charge in [-0.2, -0.15) is 0 Å². The van der Waals surface area contributed by atoms with Gasteiger partial charge >= 0.3 is 197 Å². The van der Waals surface area contributed by atoms with Crippen LogP contribution in [0.1, 0.15) is 53.4 Å². The van der Waals surface area contributed by atoms with E-state index in [2.05, 4.69) is 32.2 Å². The van der Waals surface area contributed by atoms with Crippen molar-refractivity contribution in [3.8, 4) is 5.75 Å².